The van der Waals surface area contributed by atoms with E-state index in [-0.39, 0.29) is 17.9 Å². The highest BCUT2D eigenvalue weighted by Gasteiger charge is 2.26. The summed E-state index contributed by atoms with van der Waals surface area (Å²) < 4.78 is 19.0. The van der Waals surface area contributed by atoms with E-state index in [9.17, 15) is 9.18 Å². The molecule has 0 fully saturated rings. The van der Waals surface area contributed by atoms with Crippen molar-refractivity contribution in [2.75, 3.05) is 5.32 Å². The van der Waals surface area contributed by atoms with Crippen molar-refractivity contribution >= 4 is 11.6 Å². The second-order valence-electron chi connectivity index (χ2n) is 6.05. The Bertz CT molecular complexity index is 941. The number of fused-ring (bicyclic) bond motifs is 1. The van der Waals surface area contributed by atoms with Crippen LogP contribution in [0.25, 0.3) is 0 Å². The first-order valence-electron chi connectivity index (χ1n) is 8.33. The predicted octanol–water partition coefficient (Wildman–Crippen LogP) is 4.26. The zero-order valence-electron chi connectivity index (χ0n) is 13.9. The molecule has 26 heavy (non-hydrogen) atoms. The summed E-state index contributed by atoms with van der Waals surface area (Å²) in [4.78, 5) is 12.4. The highest BCUT2D eigenvalue weighted by Crippen LogP contribution is 2.31. The summed E-state index contributed by atoms with van der Waals surface area (Å²) in [6, 6.07) is 21.1. The van der Waals surface area contributed by atoms with Gasteiger partial charge >= 0.3 is 0 Å². The van der Waals surface area contributed by atoms with E-state index in [2.05, 4.69) is 10.6 Å². The molecular formula is C21H17FN2O2. The lowest BCUT2D eigenvalue weighted by Crippen LogP contribution is -2.38. The van der Waals surface area contributed by atoms with Crippen molar-refractivity contribution < 1.29 is 13.9 Å². The number of ether oxygens (including phenoxy) is 1. The predicted molar refractivity (Wildman–Crippen MR) is 97.4 cm³/mol. The Morgan fingerprint density at radius 3 is 2.46 bits per heavy atom. The van der Waals surface area contributed by atoms with Gasteiger partial charge in [-0.2, -0.15) is 0 Å². The summed E-state index contributed by atoms with van der Waals surface area (Å²) >= 11 is 0. The Morgan fingerprint density at radius 2 is 1.62 bits per heavy atom. The monoisotopic (exact) mass is 348 g/mol. The molecule has 4 nitrogen and oxygen atoms in total. The summed E-state index contributed by atoms with van der Waals surface area (Å²) in [5, 5.41) is 6.28. The van der Waals surface area contributed by atoms with Gasteiger partial charge in [-0.15, -0.1) is 0 Å². The van der Waals surface area contributed by atoms with Crippen molar-refractivity contribution in [1.29, 1.82) is 0 Å². The van der Waals surface area contributed by atoms with Gasteiger partial charge in [0.15, 0.2) is 0 Å². The molecule has 0 saturated carbocycles. The molecule has 0 saturated heterocycles. The van der Waals surface area contributed by atoms with Crippen LogP contribution < -0.4 is 15.4 Å². The molecule has 1 aliphatic rings. The summed E-state index contributed by atoms with van der Waals surface area (Å²) in [5.74, 6) is 0.258. The Balaban J connectivity index is 1.56. The van der Waals surface area contributed by atoms with E-state index < -0.39 is 0 Å². The fraction of sp³-hybridized carbons (Fsp3) is 0.0952. The molecule has 2 N–H and O–H groups in total. The number of benzene rings is 3. The molecule has 4 rings (SSSR count). The van der Waals surface area contributed by atoms with Crippen LogP contribution in [0, 0.1) is 5.82 Å². The fourth-order valence-electron chi connectivity index (χ4n) is 2.96. The van der Waals surface area contributed by atoms with Gasteiger partial charge in [0.25, 0.3) is 5.91 Å². The third kappa shape index (κ3) is 3.24. The molecule has 0 radical (unpaired) electrons. The van der Waals surface area contributed by atoms with Gasteiger partial charge < -0.3 is 15.4 Å². The van der Waals surface area contributed by atoms with Crippen LogP contribution in [0.4, 0.5) is 10.1 Å². The zero-order valence-corrected chi connectivity index (χ0v) is 13.9. The lowest BCUT2D eigenvalue weighted by atomic mass is 10.1. The van der Waals surface area contributed by atoms with Crippen molar-refractivity contribution in [2.24, 2.45) is 0 Å². The molecule has 1 amide bonds. The van der Waals surface area contributed by atoms with Crippen LogP contribution in [0.1, 0.15) is 27.7 Å². The molecule has 130 valence electrons. The largest absolute Gasteiger partial charge is 0.488 e. The van der Waals surface area contributed by atoms with E-state index in [1.165, 1.54) is 12.1 Å². The standard InChI is InChI=1S/C21H17FN2O2/c22-15-11-9-14(10-12-15)13-26-19-8-4-2-6-17(19)20-23-18-7-3-1-5-16(18)21(25)24-20/h1-12,20,23H,13H2,(H,24,25). The van der Waals surface area contributed by atoms with Crippen LogP contribution in [0.15, 0.2) is 72.8 Å². The van der Waals surface area contributed by atoms with Crippen LogP contribution in [0.2, 0.25) is 0 Å². The van der Waals surface area contributed by atoms with E-state index in [0.29, 0.717) is 17.9 Å². The quantitative estimate of drug-likeness (QED) is 0.741. The van der Waals surface area contributed by atoms with Crippen molar-refractivity contribution in [3.05, 3.63) is 95.3 Å². The Hall–Kier alpha value is -3.34. The third-order valence-electron chi connectivity index (χ3n) is 4.28. The molecule has 1 atom stereocenters. The number of hydrogen-bond acceptors (Lipinski definition) is 3. The van der Waals surface area contributed by atoms with Gasteiger partial charge in [0.05, 0.1) is 5.56 Å². The van der Waals surface area contributed by atoms with Gasteiger partial charge in [0.1, 0.15) is 24.3 Å². The topological polar surface area (TPSA) is 50.4 Å². The van der Waals surface area contributed by atoms with Gasteiger partial charge in [0, 0.05) is 11.3 Å². The average Bonchev–Trinajstić information content (AvgIpc) is 2.68. The highest BCUT2D eigenvalue weighted by atomic mass is 19.1. The van der Waals surface area contributed by atoms with E-state index in [1.54, 1.807) is 18.2 Å². The molecule has 5 heteroatoms. The minimum Gasteiger partial charge on any atom is -0.488 e. The van der Waals surface area contributed by atoms with Crippen LogP contribution in [-0.4, -0.2) is 5.91 Å². The first-order valence-corrected chi connectivity index (χ1v) is 8.33. The first kappa shape index (κ1) is 16.1. The van der Waals surface area contributed by atoms with Gasteiger partial charge in [0.2, 0.25) is 0 Å². The maximum atomic E-state index is 13.0. The maximum Gasteiger partial charge on any atom is 0.255 e. The first-order chi connectivity index (χ1) is 12.7. The van der Waals surface area contributed by atoms with Crippen molar-refractivity contribution in [3.8, 4) is 5.75 Å². The summed E-state index contributed by atoms with van der Waals surface area (Å²) in [6.07, 6.45) is -0.387. The number of anilines is 1. The van der Waals surface area contributed by atoms with E-state index in [0.717, 1.165) is 16.8 Å². The van der Waals surface area contributed by atoms with Gasteiger partial charge in [-0.05, 0) is 35.9 Å². The van der Waals surface area contributed by atoms with Crippen molar-refractivity contribution in [2.45, 2.75) is 12.8 Å². The lowest BCUT2D eigenvalue weighted by Gasteiger charge is -2.29. The molecule has 1 heterocycles. The number of carbonyl (C=O) groups excluding carboxylic acids is 1. The lowest BCUT2D eigenvalue weighted by molar-refractivity contribution is 0.0935. The third-order valence-corrected chi connectivity index (χ3v) is 4.28. The summed E-state index contributed by atoms with van der Waals surface area (Å²) in [7, 11) is 0. The number of carbonyl (C=O) groups is 1. The number of hydrogen-bond donors (Lipinski definition) is 2. The zero-order chi connectivity index (χ0) is 17.9. The summed E-state index contributed by atoms with van der Waals surface area (Å²) in [6.45, 7) is 0.314. The smallest absolute Gasteiger partial charge is 0.255 e. The fourth-order valence-corrected chi connectivity index (χ4v) is 2.96. The van der Waals surface area contributed by atoms with Gasteiger partial charge in [-0.3, -0.25) is 4.79 Å². The van der Waals surface area contributed by atoms with Gasteiger partial charge in [-0.1, -0.05) is 42.5 Å². The average molecular weight is 348 g/mol. The molecule has 3 aromatic carbocycles. The maximum absolute atomic E-state index is 13.0. The Morgan fingerprint density at radius 1 is 0.885 bits per heavy atom. The number of nitrogens with one attached hydrogen (secondary N) is 2. The second kappa shape index (κ2) is 6.88. The van der Waals surface area contributed by atoms with Gasteiger partial charge in [-0.25, -0.2) is 4.39 Å². The normalized spacial score (nSPS) is 15.6. The second-order valence-corrected chi connectivity index (χ2v) is 6.05. The van der Waals surface area contributed by atoms with E-state index >= 15 is 0 Å². The minimum absolute atomic E-state index is 0.127. The molecule has 3 aromatic rings. The highest BCUT2D eigenvalue weighted by molar-refractivity contribution is 6.01. The molecule has 1 aliphatic heterocycles. The number of halogens is 1. The molecule has 1 unspecified atom stereocenters. The molecule has 0 aromatic heterocycles. The number of amides is 1. The Labute approximate surface area is 150 Å². The molecule has 0 spiro atoms. The number of para-hydroxylation sites is 2. The minimum atomic E-state index is -0.387. The van der Waals surface area contributed by atoms with Crippen molar-refractivity contribution in [3.63, 3.8) is 0 Å². The molecule has 0 aliphatic carbocycles. The van der Waals surface area contributed by atoms with Crippen LogP contribution in [0.5, 0.6) is 5.75 Å². The Kier molecular flexibility index (Phi) is 4.27. The summed E-state index contributed by atoms with van der Waals surface area (Å²) in [5.41, 5.74) is 3.10. The van der Waals surface area contributed by atoms with Crippen LogP contribution in [0.3, 0.4) is 0 Å². The van der Waals surface area contributed by atoms with Crippen LogP contribution >= 0.6 is 0 Å². The SMILES string of the molecule is O=C1NC(c2ccccc2OCc2ccc(F)cc2)Nc2ccccc21. The molecule has 0 bridgehead atoms. The molecular weight excluding hydrogens is 331 g/mol. The van der Waals surface area contributed by atoms with E-state index in [1.807, 2.05) is 42.5 Å². The van der Waals surface area contributed by atoms with Crippen molar-refractivity contribution in [1.82, 2.24) is 5.32 Å². The van der Waals surface area contributed by atoms with E-state index in [4.69, 9.17) is 4.74 Å². The van der Waals surface area contributed by atoms with Crippen LogP contribution in [-0.2, 0) is 6.61 Å². The number of rotatable bonds is 4.